The lowest BCUT2D eigenvalue weighted by atomic mass is 9.94. The van der Waals surface area contributed by atoms with Crippen LogP contribution in [0.1, 0.15) is 12.0 Å². The summed E-state index contributed by atoms with van der Waals surface area (Å²) in [4.78, 5) is 2.03. The lowest BCUT2D eigenvalue weighted by Gasteiger charge is -2.20. The van der Waals surface area contributed by atoms with Crippen LogP contribution in [0.5, 0.6) is 0 Å². The van der Waals surface area contributed by atoms with Crippen molar-refractivity contribution in [2.24, 2.45) is 0 Å². The van der Waals surface area contributed by atoms with Crippen molar-refractivity contribution in [3.63, 3.8) is 0 Å². The molecule has 1 unspecified atom stereocenters. The number of anilines is 1. The van der Waals surface area contributed by atoms with E-state index in [0.717, 1.165) is 12.1 Å². The molecule has 1 atom stereocenters. The second-order valence-electron chi connectivity index (χ2n) is 4.51. The molecule has 1 fully saturated rings. The van der Waals surface area contributed by atoms with Crippen LogP contribution in [0.4, 0.5) is 10.1 Å². The molecule has 1 aromatic carbocycles. The van der Waals surface area contributed by atoms with Crippen LogP contribution in [0.25, 0.3) is 0 Å². The van der Waals surface area contributed by atoms with Crippen LogP contribution >= 0.6 is 0 Å². The van der Waals surface area contributed by atoms with Crippen molar-refractivity contribution in [3.05, 3.63) is 29.8 Å². The highest BCUT2D eigenvalue weighted by atomic mass is 19.1. The third-order valence-corrected chi connectivity index (χ3v) is 3.06. The smallest absolute Gasteiger partial charge is 0.128 e. The second-order valence-corrected chi connectivity index (χ2v) is 4.51. The Morgan fingerprint density at radius 2 is 2.20 bits per heavy atom. The zero-order valence-corrected chi connectivity index (χ0v) is 9.04. The van der Waals surface area contributed by atoms with E-state index in [1.54, 1.807) is 0 Å². The van der Waals surface area contributed by atoms with Crippen LogP contribution in [0.3, 0.4) is 0 Å². The van der Waals surface area contributed by atoms with Gasteiger partial charge in [0.15, 0.2) is 0 Å². The number of halogens is 1. The zero-order valence-electron chi connectivity index (χ0n) is 9.04. The number of alkyl halides is 1. The quantitative estimate of drug-likeness (QED) is 0.752. The molecule has 0 spiro atoms. The van der Waals surface area contributed by atoms with Crippen molar-refractivity contribution in [3.8, 4) is 0 Å². The highest BCUT2D eigenvalue weighted by molar-refractivity contribution is 5.47. The van der Waals surface area contributed by atoms with E-state index in [9.17, 15) is 4.39 Å². The first-order valence-corrected chi connectivity index (χ1v) is 5.30. The van der Waals surface area contributed by atoms with E-state index in [0.29, 0.717) is 25.1 Å². The summed E-state index contributed by atoms with van der Waals surface area (Å²) < 4.78 is 14.3. The Labute approximate surface area is 89.9 Å². The minimum Gasteiger partial charge on any atom is -0.399 e. The Morgan fingerprint density at radius 1 is 1.47 bits per heavy atom. The fourth-order valence-corrected chi connectivity index (χ4v) is 2.21. The maximum atomic E-state index is 14.3. The summed E-state index contributed by atoms with van der Waals surface area (Å²) in [5.41, 5.74) is 6.34. The minimum atomic E-state index is -1.09. The molecule has 2 N–H and O–H groups in total. The van der Waals surface area contributed by atoms with Gasteiger partial charge in [-0.1, -0.05) is 18.2 Å². The minimum absolute atomic E-state index is 0.435. The molecule has 3 heteroatoms. The Kier molecular flexibility index (Phi) is 2.65. The first-order chi connectivity index (χ1) is 7.09. The van der Waals surface area contributed by atoms with Gasteiger partial charge >= 0.3 is 0 Å². The Hall–Kier alpha value is -1.09. The maximum Gasteiger partial charge on any atom is 0.128 e. The molecule has 15 heavy (non-hydrogen) atoms. The van der Waals surface area contributed by atoms with Crippen molar-refractivity contribution in [2.45, 2.75) is 18.5 Å². The second kappa shape index (κ2) is 3.81. The van der Waals surface area contributed by atoms with Crippen LogP contribution in [-0.2, 0) is 6.42 Å². The lowest BCUT2D eigenvalue weighted by Crippen LogP contribution is -2.29. The highest BCUT2D eigenvalue weighted by Crippen LogP contribution is 2.30. The number of nitrogens with two attached hydrogens (primary N) is 1. The average Bonchev–Trinajstić information content (AvgIpc) is 2.51. The predicted octanol–water partition coefficient (Wildman–Crippen LogP) is 1.86. The molecule has 0 radical (unpaired) electrons. The Morgan fingerprint density at radius 3 is 2.80 bits per heavy atom. The lowest BCUT2D eigenvalue weighted by molar-refractivity contribution is 0.173. The van der Waals surface area contributed by atoms with E-state index in [4.69, 9.17) is 5.73 Å². The zero-order chi connectivity index (χ0) is 10.9. The van der Waals surface area contributed by atoms with Crippen molar-refractivity contribution in [1.82, 2.24) is 4.90 Å². The monoisotopic (exact) mass is 208 g/mol. The molecule has 82 valence electrons. The number of rotatable bonds is 2. The molecule has 0 saturated carbocycles. The van der Waals surface area contributed by atoms with E-state index in [1.165, 1.54) is 0 Å². The van der Waals surface area contributed by atoms with Gasteiger partial charge in [0.1, 0.15) is 5.67 Å². The van der Waals surface area contributed by atoms with Gasteiger partial charge in [-0.3, -0.25) is 0 Å². The molecule has 1 aliphatic rings. The summed E-state index contributed by atoms with van der Waals surface area (Å²) in [7, 11) is 1.95. The normalized spacial score (nSPS) is 27.1. The van der Waals surface area contributed by atoms with Gasteiger partial charge < -0.3 is 10.6 Å². The molecule has 1 heterocycles. The number of nitrogens with zero attached hydrogens (tertiary/aromatic N) is 1. The van der Waals surface area contributed by atoms with E-state index in [2.05, 4.69) is 0 Å². The molecule has 0 aromatic heterocycles. The van der Waals surface area contributed by atoms with E-state index < -0.39 is 5.67 Å². The standard InChI is InChI=1S/C12H17FN2/c1-15-7-6-12(13,9-15)8-10-4-2-3-5-11(10)14/h2-5H,6-9,14H2,1H3. The van der Waals surface area contributed by atoms with Crippen LogP contribution in [0.2, 0.25) is 0 Å². The van der Waals surface area contributed by atoms with Crippen molar-refractivity contribution >= 4 is 5.69 Å². The molecule has 1 saturated heterocycles. The van der Waals surface area contributed by atoms with Crippen molar-refractivity contribution < 1.29 is 4.39 Å². The van der Waals surface area contributed by atoms with Crippen LogP contribution in [0, 0.1) is 0 Å². The molecule has 1 aromatic rings. The molecule has 2 rings (SSSR count). The fourth-order valence-electron chi connectivity index (χ4n) is 2.21. The molecule has 0 bridgehead atoms. The number of para-hydroxylation sites is 1. The van der Waals surface area contributed by atoms with E-state index >= 15 is 0 Å². The topological polar surface area (TPSA) is 29.3 Å². The SMILES string of the molecule is CN1CCC(F)(Cc2ccccc2N)C1. The van der Waals surface area contributed by atoms with Gasteiger partial charge in [-0.2, -0.15) is 0 Å². The van der Waals surface area contributed by atoms with Crippen LogP contribution in [0.15, 0.2) is 24.3 Å². The van der Waals surface area contributed by atoms with Gasteiger partial charge in [0, 0.05) is 25.2 Å². The molecule has 0 aliphatic carbocycles. The third kappa shape index (κ3) is 2.29. The summed E-state index contributed by atoms with van der Waals surface area (Å²) >= 11 is 0. The summed E-state index contributed by atoms with van der Waals surface area (Å²) in [5, 5.41) is 0. The first-order valence-electron chi connectivity index (χ1n) is 5.30. The van der Waals surface area contributed by atoms with Gasteiger partial charge in [0.2, 0.25) is 0 Å². The number of hydrogen-bond acceptors (Lipinski definition) is 2. The van der Waals surface area contributed by atoms with Crippen molar-refractivity contribution in [2.75, 3.05) is 25.9 Å². The van der Waals surface area contributed by atoms with E-state index in [-0.39, 0.29) is 0 Å². The van der Waals surface area contributed by atoms with Gasteiger partial charge in [-0.15, -0.1) is 0 Å². The molecule has 1 aliphatic heterocycles. The Bertz CT molecular complexity index is 353. The summed E-state index contributed by atoms with van der Waals surface area (Å²) in [6, 6.07) is 7.53. The maximum absolute atomic E-state index is 14.3. The van der Waals surface area contributed by atoms with Gasteiger partial charge in [0.05, 0.1) is 0 Å². The molecule has 2 nitrogen and oxygen atoms in total. The Balaban J connectivity index is 2.12. The predicted molar refractivity (Wildman–Crippen MR) is 60.5 cm³/mol. The summed E-state index contributed by atoms with van der Waals surface area (Å²) in [6.45, 7) is 1.35. The highest BCUT2D eigenvalue weighted by Gasteiger charge is 2.36. The van der Waals surface area contributed by atoms with E-state index in [1.807, 2.05) is 36.2 Å². The number of benzene rings is 1. The molecule has 0 amide bonds. The summed E-state index contributed by atoms with van der Waals surface area (Å²) in [5.74, 6) is 0. The van der Waals surface area contributed by atoms with Gasteiger partial charge in [-0.25, -0.2) is 4.39 Å². The molecular weight excluding hydrogens is 191 g/mol. The number of nitrogen functional groups attached to an aromatic ring is 1. The first kappa shape index (κ1) is 10.4. The fraction of sp³-hybridized carbons (Fsp3) is 0.500. The van der Waals surface area contributed by atoms with Crippen molar-refractivity contribution in [1.29, 1.82) is 0 Å². The third-order valence-electron chi connectivity index (χ3n) is 3.06. The molecular formula is C12H17FN2. The van der Waals surface area contributed by atoms with Crippen LogP contribution < -0.4 is 5.73 Å². The number of likely N-dealkylation sites (tertiary alicyclic amines) is 1. The largest absolute Gasteiger partial charge is 0.399 e. The summed E-state index contributed by atoms with van der Waals surface area (Å²) in [6.07, 6.45) is 1.04. The van der Waals surface area contributed by atoms with Gasteiger partial charge in [-0.05, 0) is 25.1 Å². The average molecular weight is 208 g/mol. The van der Waals surface area contributed by atoms with Gasteiger partial charge in [0.25, 0.3) is 0 Å². The number of hydrogen-bond donors (Lipinski definition) is 1. The van der Waals surface area contributed by atoms with Crippen LogP contribution in [-0.4, -0.2) is 30.7 Å².